The molecule has 3 aromatic rings. The molecule has 1 N–H and O–H groups in total. The molecule has 0 aliphatic carbocycles. The SMILES string of the molecule is COc1ccc(C2=C(O)C(=O)N(Cc3ccc(OC)cc3OC)[C@H]2c2ccc(Br)cc2)cc1. The summed E-state index contributed by atoms with van der Waals surface area (Å²) in [6, 6.07) is 20.1. The standard InChI is InChI=1S/C26H24BrNO5/c1-31-20-11-6-16(7-12-20)23-24(17-4-9-19(27)10-5-17)28(26(30)25(23)29)15-18-8-13-21(32-2)14-22(18)33-3/h4-14,24,29H,15H2,1-3H3/t24-/m0/s1. The number of ether oxygens (including phenoxy) is 3. The predicted molar refractivity (Wildman–Crippen MR) is 130 cm³/mol. The van der Waals surface area contributed by atoms with Gasteiger partial charge in [-0.05, 0) is 47.5 Å². The highest BCUT2D eigenvalue weighted by Crippen LogP contribution is 2.45. The number of aliphatic hydroxyl groups excluding tert-OH is 1. The lowest BCUT2D eigenvalue weighted by molar-refractivity contribution is -0.130. The zero-order valence-corrected chi connectivity index (χ0v) is 20.1. The summed E-state index contributed by atoms with van der Waals surface area (Å²) < 4.78 is 17.0. The Bertz CT molecular complexity index is 1190. The van der Waals surface area contributed by atoms with Crippen molar-refractivity contribution < 1.29 is 24.1 Å². The van der Waals surface area contributed by atoms with E-state index in [1.807, 2.05) is 60.7 Å². The van der Waals surface area contributed by atoms with E-state index in [-0.39, 0.29) is 12.3 Å². The second kappa shape index (κ2) is 9.58. The minimum atomic E-state index is -0.481. The van der Waals surface area contributed by atoms with Gasteiger partial charge in [0.25, 0.3) is 5.91 Å². The quantitative estimate of drug-likeness (QED) is 0.453. The summed E-state index contributed by atoms with van der Waals surface area (Å²) in [5.41, 5.74) is 2.99. The van der Waals surface area contributed by atoms with Gasteiger partial charge in [-0.2, -0.15) is 0 Å². The predicted octanol–water partition coefficient (Wildman–Crippen LogP) is 5.53. The number of amides is 1. The fraction of sp³-hybridized carbons (Fsp3) is 0.192. The summed E-state index contributed by atoms with van der Waals surface area (Å²) in [7, 11) is 4.76. The van der Waals surface area contributed by atoms with Crippen LogP contribution in [0.3, 0.4) is 0 Å². The number of nitrogens with zero attached hydrogens (tertiary/aromatic N) is 1. The second-order valence-corrected chi connectivity index (χ2v) is 8.47. The molecule has 0 radical (unpaired) electrons. The first-order valence-corrected chi connectivity index (χ1v) is 11.1. The third-order valence-corrected chi connectivity index (χ3v) is 6.25. The number of aliphatic hydroxyl groups is 1. The summed E-state index contributed by atoms with van der Waals surface area (Å²) in [6.07, 6.45) is 0. The summed E-state index contributed by atoms with van der Waals surface area (Å²) in [4.78, 5) is 15.0. The van der Waals surface area contributed by atoms with E-state index in [1.54, 1.807) is 32.3 Å². The zero-order valence-electron chi connectivity index (χ0n) is 18.5. The van der Waals surface area contributed by atoms with Gasteiger partial charge in [-0.25, -0.2) is 0 Å². The van der Waals surface area contributed by atoms with Crippen LogP contribution in [0.4, 0.5) is 0 Å². The number of carbonyl (C=O) groups is 1. The molecular formula is C26H24BrNO5. The maximum absolute atomic E-state index is 13.3. The number of hydrogen-bond acceptors (Lipinski definition) is 5. The molecule has 0 fully saturated rings. The number of halogens is 1. The van der Waals surface area contributed by atoms with Crippen LogP contribution in [0.1, 0.15) is 22.7 Å². The minimum absolute atomic E-state index is 0.246. The first-order valence-electron chi connectivity index (χ1n) is 10.3. The molecule has 1 heterocycles. The number of hydrogen-bond donors (Lipinski definition) is 1. The van der Waals surface area contributed by atoms with Gasteiger partial charge in [0.15, 0.2) is 5.76 Å². The van der Waals surface area contributed by atoms with E-state index < -0.39 is 11.9 Å². The molecule has 1 aliphatic heterocycles. The topological polar surface area (TPSA) is 68.2 Å². The Labute approximate surface area is 201 Å². The molecule has 4 rings (SSSR count). The minimum Gasteiger partial charge on any atom is -0.503 e. The molecule has 6 nitrogen and oxygen atoms in total. The molecule has 3 aromatic carbocycles. The number of methoxy groups -OCH3 is 3. The van der Waals surface area contributed by atoms with Crippen LogP contribution in [-0.4, -0.2) is 37.2 Å². The van der Waals surface area contributed by atoms with Crippen molar-refractivity contribution in [3.8, 4) is 17.2 Å². The molecule has 0 aromatic heterocycles. The van der Waals surface area contributed by atoms with Crippen LogP contribution < -0.4 is 14.2 Å². The summed E-state index contributed by atoms with van der Waals surface area (Å²) >= 11 is 3.47. The molecular weight excluding hydrogens is 486 g/mol. The molecule has 0 unspecified atom stereocenters. The number of rotatable bonds is 7. The van der Waals surface area contributed by atoms with Gasteiger partial charge in [0.1, 0.15) is 17.2 Å². The summed E-state index contributed by atoms with van der Waals surface area (Å²) in [5, 5.41) is 11.0. The van der Waals surface area contributed by atoms with Crippen molar-refractivity contribution >= 4 is 27.4 Å². The molecule has 0 spiro atoms. The highest BCUT2D eigenvalue weighted by Gasteiger charge is 2.41. The lowest BCUT2D eigenvalue weighted by atomic mass is 9.93. The van der Waals surface area contributed by atoms with Crippen LogP contribution in [0.2, 0.25) is 0 Å². The molecule has 33 heavy (non-hydrogen) atoms. The molecule has 170 valence electrons. The van der Waals surface area contributed by atoms with Gasteiger partial charge in [-0.1, -0.05) is 40.2 Å². The number of carbonyl (C=O) groups excluding carboxylic acids is 1. The van der Waals surface area contributed by atoms with Gasteiger partial charge >= 0.3 is 0 Å². The Kier molecular flexibility index (Phi) is 6.60. The largest absolute Gasteiger partial charge is 0.503 e. The average molecular weight is 510 g/mol. The Hall–Kier alpha value is -3.45. The van der Waals surface area contributed by atoms with Gasteiger partial charge in [0, 0.05) is 21.7 Å². The van der Waals surface area contributed by atoms with Crippen LogP contribution in [0.15, 0.2) is 77.0 Å². The van der Waals surface area contributed by atoms with E-state index in [0.29, 0.717) is 22.8 Å². The van der Waals surface area contributed by atoms with Crippen molar-refractivity contribution in [2.45, 2.75) is 12.6 Å². The average Bonchev–Trinajstić information content (AvgIpc) is 3.09. The third-order valence-electron chi connectivity index (χ3n) is 5.73. The summed E-state index contributed by atoms with van der Waals surface area (Å²) in [5.74, 6) is 1.26. The van der Waals surface area contributed by atoms with E-state index >= 15 is 0 Å². The second-order valence-electron chi connectivity index (χ2n) is 7.56. The molecule has 0 bridgehead atoms. The third kappa shape index (κ3) is 4.41. The molecule has 1 amide bonds. The van der Waals surface area contributed by atoms with E-state index in [0.717, 1.165) is 21.2 Å². The van der Waals surface area contributed by atoms with E-state index in [4.69, 9.17) is 14.2 Å². The highest BCUT2D eigenvalue weighted by atomic mass is 79.9. The van der Waals surface area contributed by atoms with E-state index in [2.05, 4.69) is 15.9 Å². The zero-order chi connectivity index (χ0) is 23.5. The highest BCUT2D eigenvalue weighted by molar-refractivity contribution is 9.10. The van der Waals surface area contributed by atoms with Gasteiger partial charge in [0.2, 0.25) is 0 Å². The molecule has 7 heteroatoms. The fourth-order valence-electron chi connectivity index (χ4n) is 4.04. The Morgan fingerprint density at radius 3 is 2.12 bits per heavy atom. The van der Waals surface area contributed by atoms with Crippen molar-refractivity contribution in [2.75, 3.05) is 21.3 Å². The lowest BCUT2D eigenvalue weighted by Crippen LogP contribution is -2.30. The molecule has 1 atom stereocenters. The monoisotopic (exact) mass is 509 g/mol. The normalized spacial score (nSPS) is 15.7. The first kappa shape index (κ1) is 22.7. The van der Waals surface area contributed by atoms with Crippen molar-refractivity contribution in [1.29, 1.82) is 0 Å². The van der Waals surface area contributed by atoms with Crippen LogP contribution in [0.5, 0.6) is 17.2 Å². The van der Waals surface area contributed by atoms with Gasteiger partial charge in [0.05, 0.1) is 33.9 Å². The van der Waals surface area contributed by atoms with Gasteiger partial charge in [-0.15, -0.1) is 0 Å². The summed E-state index contributed by atoms with van der Waals surface area (Å²) in [6.45, 7) is 0.246. The van der Waals surface area contributed by atoms with Crippen LogP contribution in [0, 0.1) is 0 Å². The maximum atomic E-state index is 13.3. The molecule has 0 saturated carbocycles. The van der Waals surface area contributed by atoms with E-state index in [1.165, 1.54) is 0 Å². The fourth-order valence-corrected chi connectivity index (χ4v) is 4.30. The lowest BCUT2D eigenvalue weighted by Gasteiger charge is -2.28. The van der Waals surface area contributed by atoms with Crippen molar-refractivity contribution in [3.63, 3.8) is 0 Å². The van der Waals surface area contributed by atoms with Gasteiger partial charge in [-0.3, -0.25) is 4.79 Å². The molecule has 0 saturated heterocycles. The Morgan fingerprint density at radius 1 is 0.879 bits per heavy atom. The maximum Gasteiger partial charge on any atom is 0.290 e. The molecule has 1 aliphatic rings. The number of benzene rings is 3. The first-order chi connectivity index (χ1) is 16.0. The van der Waals surface area contributed by atoms with Crippen LogP contribution >= 0.6 is 15.9 Å². The van der Waals surface area contributed by atoms with E-state index in [9.17, 15) is 9.90 Å². The Morgan fingerprint density at radius 2 is 1.52 bits per heavy atom. The Balaban J connectivity index is 1.79. The van der Waals surface area contributed by atoms with Crippen molar-refractivity contribution in [3.05, 3.63) is 93.7 Å². The smallest absolute Gasteiger partial charge is 0.290 e. The van der Waals surface area contributed by atoms with Crippen molar-refractivity contribution in [2.24, 2.45) is 0 Å². The van der Waals surface area contributed by atoms with Crippen LogP contribution in [-0.2, 0) is 11.3 Å². The van der Waals surface area contributed by atoms with Crippen molar-refractivity contribution in [1.82, 2.24) is 4.90 Å². The van der Waals surface area contributed by atoms with Gasteiger partial charge < -0.3 is 24.2 Å². The van der Waals surface area contributed by atoms with Crippen LogP contribution in [0.25, 0.3) is 5.57 Å².